The topological polar surface area (TPSA) is 71.1 Å². The van der Waals surface area contributed by atoms with E-state index in [1.165, 1.54) is 6.07 Å². The summed E-state index contributed by atoms with van der Waals surface area (Å²) >= 11 is 11.4. The molecule has 0 aliphatic rings. The summed E-state index contributed by atoms with van der Waals surface area (Å²) in [5.41, 5.74) is 3.19. The van der Waals surface area contributed by atoms with Gasteiger partial charge in [0.1, 0.15) is 10.0 Å². The van der Waals surface area contributed by atoms with Crippen LogP contribution in [0.1, 0.15) is 0 Å². The Balaban J connectivity index is 2.16. The van der Waals surface area contributed by atoms with Gasteiger partial charge in [0.2, 0.25) is 0 Å². The third kappa shape index (κ3) is 3.57. The lowest BCUT2D eigenvalue weighted by molar-refractivity contribution is 0.587. The van der Waals surface area contributed by atoms with Gasteiger partial charge in [0, 0.05) is 11.9 Å². The summed E-state index contributed by atoms with van der Waals surface area (Å²) in [5.74, 6) is 0. The molecule has 0 spiro atoms. The quantitative estimate of drug-likeness (QED) is 0.672. The Morgan fingerprint density at radius 1 is 1.11 bits per heavy atom. The zero-order valence-corrected chi connectivity index (χ0v) is 11.8. The highest BCUT2D eigenvalue weighted by molar-refractivity contribution is 7.89. The van der Waals surface area contributed by atoms with E-state index in [9.17, 15) is 8.42 Å². The Labute approximate surface area is 120 Å². The minimum absolute atomic E-state index is 0.0524. The number of hydrazine groups is 1. The van der Waals surface area contributed by atoms with E-state index >= 15 is 0 Å². The van der Waals surface area contributed by atoms with Gasteiger partial charge in [-0.3, -0.25) is 0 Å². The lowest BCUT2D eigenvalue weighted by atomic mass is 10.3. The summed E-state index contributed by atoms with van der Waals surface area (Å²) in [4.78, 5) is 5.83. The maximum atomic E-state index is 12.0. The summed E-state index contributed by atoms with van der Waals surface area (Å²) in [6.45, 7) is 0. The fourth-order valence-electron chi connectivity index (χ4n) is 1.26. The van der Waals surface area contributed by atoms with E-state index in [1.807, 2.05) is 6.07 Å². The summed E-state index contributed by atoms with van der Waals surface area (Å²) in [6.07, 6.45) is 1.13. The van der Waals surface area contributed by atoms with E-state index in [1.54, 1.807) is 24.3 Å². The largest absolute Gasteiger partial charge is 0.308 e. The van der Waals surface area contributed by atoms with Crippen molar-refractivity contribution in [3.8, 4) is 0 Å². The van der Waals surface area contributed by atoms with Crippen LogP contribution in [0.25, 0.3) is 0 Å². The van der Waals surface area contributed by atoms with Crippen LogP contribution < -0.4 is 10.3 Å². The maximum absolute atomic E-state index is 12.0. The van der Waals surface area contributed by atoms with Crippen LogP contribution >= 0.6 is 23.2 Å². The van der Waals surface area contributed by atoms with Crippen molar-refractivity contribution >= 4 is 38.9 Å². The van der Waals surface area contributed by atoms with E-state index in [0.29, 0.717) is 5.69 Å². The molecule has 0 aliphatic carbocycles. The van der Waals surface area contributed by atoms with Crippen molar-refractivity contribution in [3.63, 3.8) is 0 Å². The molecule has 8 heteroatoms. The molecule has 0 aliphatic heterocycles. The summed E-state index contributed by atoms with van der Waals surface area (Å²) in [6, 6.07) is 10.0. The predicted octanol–water partition coefficient (Wildman–Crippen LogP) is 2.69. The van der Waals surface area contributed by atoms with Gasteiger partial charge >= 0.3 is 0 Å². The third-order valence-electron chi connectivity index (χ3n) is 2.19. The Hall–Kier alpha value is -1.34. The maximum Gasteiger partial charge on any atom is 0.258 e. The van der Waals surface area contributed by atoms with Crippen LogP contribution in [0.5, 0.6) is 0 Å². The van der Waals surface area contributed by atoms with Crippen molar-refractivity contribution in [3.05, 3.63) is 52.8 Å². The Morgan fingerprint density at radius 2 is 1.79 bits per heavy atom. The lowest BCUT2D eigenvalue weighted by Crippen LogP contribution is -2.29. The molecule has 100 valence electrons. The van der Waals surface area contributed by atoms with Gasteiger partial charge < -0.3 is 5.43 Å². The number of para-hydroxylation sites is 1. The molecule has 1 aromatic heterocycles. The van der Waals surface area contributed by atoms with Crippen molar-refractivity contribution in [2.24, 2.45) is 0 Å². The number of aromatic nitrogens is 1. The average molecular weight is 318 g/mol. The second kappa shape index (κ2) is 5.75. The van der Waals surface area contributed by atoms with Gasteiger partial charge in [-0.15, -0.1) is 4.83 Å². The van der Waals surface area contributed by atoms with E-state index in [-0.39, 0.29) is 15.1 Å². The normalized spacial score (nSPS) is 11.3. The number of hydrogen-bond donors (Lipinski definition) is 2. The summed E-state index contributed by atoms with van der Waals surface area (Å²) in [7, 11) is -3.76. The highest BCUT2D eigenvalue weighted by Gasteiger charge is 2.15. The lowest BCUT2D eigenvalue weighted by Gasteiger charge is -2.09. The first kappa shape index (κ1) is 14.1. The molecule has 0 fully saturated rings. The Bertz CT molecular complexity index is 678. The average Bonchev–Trinajstić information content (AvgIpc) is 2.41. The van der Waals surface area contributed by atoms with E-state index in [2.05, 4.69) is 15.2 Å². The number of rotatable bonds is 4. The molecule has 0 saturated heterocycles. The van der Waals surface area contributed by atoms with Gasteiger partial charge in [-0.2, -0.15) is 0 Å². The van der Waals surface area contributed by atoms with Gasteiger partial charge in [-0.1, -0.05) is 41.4 Å². The van der Waals surface area contributed by atoms with Gasteiger partial charge in [0.05, 0.1) is 5.02 Å². The number of hydrogen-bond acceptors (Lipinski definition) is 4. The smallest absolute Gasteiger partial charge is 0.258 e. The van der Waals surface area contributed by atoms with Crippen LogP contribution in [0.15, 0.2) is 47.5 Å². The molecule has 0 bridgehead atoms. The van der Waals surface area contributed by atoms with Crippen LogP contribution in [0, 0.1) is 0 Å². The number of sulfonamides is 1. The zero-order valence-electron chi connectivity index (χ0n) is 9.47. The van der Waals surface area contributed by atoms with Crippen LogP contribution in [0.4, 0.5) is 5.69 Å². The highest BCUT2D eigenvalue weighted by Crippen LogP contribution is 2.22. The first-order valence-electron chi connectivity index (χ1n) is 5.13. The van der Waals surface area contributed by atoms with Crippen LogP contribution in [0.2, 0.25) is 10.2 Å². The minimum atomic E-state index is -3.76. The second-order valence-electron chi connectivity index (χ2n) is 3.54. The van der Waals surface area contributed by atoms with Crippen molar-refractivity contribution in [1.29, 1.82) is 0 Å². The predicted molar refractivity (Wildman–Crippen MR) is 74.6 cm³/mol. The number of pyridine rings is 1. The summed E-state index contributed by atoms with van der Waals surface area (Å²) in [5, 5.41) is 0.126. The number of benzene rings is 1. The Morgan fingerprint density at radius 3 is 2.42 bits per heavy atom. The summed E-state index contributed by atoms with van der Waals surface area (Å²) < 4.78 is 23.9. The molecule has 2 aromatic rings. The molecular formula is C11H9Cl2N3O2S. The monoisotopic (exact) mass is 317 g/mol. The molecule has 2 rings (SSSR count). The molecule has 0 unspecified atom stereocenters. The molecule has 19 heavy (non-hydrogen) atoms. The van der Waals surface area contributed by atoms with Gasteiger partial charge in [0.15, 0.2) is 0 Å². The fourth-order valence-corrected chi connectivity index (χ4v) is 2.43. The molecule has 5 nitrogen and oxygen atoms in total. The van der Waals surface area contributed by atoms with Crippen LogP contribution in [0.3, 0.4) is 0 Å². The van der Waals surface area contributed by atoms with Gasteiger partial charge in [-0.25, -0.2) is 13.4 Å². The van der Waals surface area contributed by atoms with E-state index in [4.69, 9.17) is 23.2 Å². The van der Waals surface area contributed by atoms with E-state index < -0.39 is 10.0 Å². The van der Waals surface area contributed by atoms with Crippen molar-refractivity contribution in [2.75, 3.05) is 5.43 Å². The molecule has 2 N–H and O–H groups in total. The molecule has 0 saturated carbocycles. The van der Waals surface area contributed by atoms with Crippen molar-refractivity contribution in [1.82, 2.24) is 9.82 Å². The SMILES string of the molecule is O=S(=O)(NNc1ccccc1)c1cnc(Cl)c(Cl)c1. The standard InChI is InChI=1S/C11H9Cl2N3O2S/c12-10-6-9(7-14-11(10)13)19(17,18)16-15-8-4-2-1-3-5-8/h1-7,15-16H. The highest BCUT2D eigenvalue weighted by atomic mass is 35.5. The van der Waals surface area contributed by atoms with E-state index in [0.717, 1.165) is 6.20 Å². The van der Waals surface area contributed by atoms with Crippen molar-refractivity contribution in [2.45, 2.75) is 4.90 Å². The Kier molecular flexibility index (Phi) is 4.26. The molecule has 1 heterocycles. The number of anilines is 1. The first-order valence-corrected chi connectivity index (χ1v) is 7.37. The van der Waals surface area contributed by atoms with Gasteiger partial charge in [0.25, 0.3) is 10.0 Å². The molecule has 0 amide bonds. The fraction of sp³-hybridized carbons (Fsp3) is 0. The second-order valence-corrected chi connectivity index (χ2v) is 5.99. The van der Waals surface area contributed by atoms with Gasteiger partial charge in [-0.05, 0) is 18.2 Å². The third-order valence-corrected chi connectivity index (χ3v) is 4.09. The number of nitrogens with zero attached hydrogens (tertiary/aromatic N) is 1. The molecular weight excluding hydrogens is 309 g/mol. The number of halogens is 2. The molecule has 0 radical (unpaired) electrons. The molecule has 1 aromatic carbocycles. The minimum Gasteiger partial charge on any atom is -0.308 e. The number of nitrogens with one attached hydrogen (secondary N) is 2. The van der Waals surface area contributed by atoms with Crippen LogP contribution in [-0.4, -0.2) is 13.4 Å². The molecule has 0 atom stereocenters. The zero-order chi connectivity index (χ0) is 13.9. The first-order chi connectivity index (χ1) is 8.99. The van der Waals surface area contributed by atoms with Crippen molar-refractivity contribution < 1.29 is 8.42 Å². The van der Waals surface area contributed by atoms with Crippen LogP contribution in [-0.2, 0) is 10.0 Å².